The van der Waals surface area contributed by atoms with Crippen LogP contribution >= 0.6 is 0 Å². The number of carbonyl (C=O) groups is 1. The van der Waals surface area contributed by atoms with Crippen LogP contribution in [-0.4, -0.2) is 31.2 Å². The van der Waals surface area contributed by atoms with E-state index in [1.54, 1.807) is 30.5 Å². The minimum atomic E-state index is -0.365. The number of nitrogens with one attached hydrogen (secondary N) is 1. The second-order valence-corrected chi connectivity index (χ2v) is 7.39. The zero-order valence-corrected chi connectivity index (χ0v) is 17.5. The normalized spacial score (nSPS) is 13.7. The Kier molecular flexibility index (Phi) is 6.02. The van der Waals surface area contributed by atoms with Gasteiger partial charge in [-0.15, -0.1) is 0 Å². The third kappa shape index (κ3) is 4.60. The fourth-order valence-corrected chi connectivity index (χ4v) is 3.67. The Balaban J connectivity index is 1.57. The average Bonchev–Trinajstić information content (AvgIpc) is 2.79. The van der Waals surface area contributed by atoms with Crippen molar-refractivity contribution in [3.63, 3.8) is 0 Å². The van der Waals surface area contributed by atoms with E-state index in [4.69, 9.17) is 9.47 Å². The molecule has 0 unspecified atom stereocenters. The Hall–Kier alpha value is -3.61. The summed E-state index contributed by atoms with van der Waals surface area (Å²) in [7, 11) is 1.36. The number of anilines is 2. The molecule has 160 valence electrons. The summed E-state index contributed by atoms with van der Waals surface area (Å²) in [6.07, 6.45) is 1.71. The second-order valence-electron chi connectivity index (χ2n) is 7.39. The first kappa shape index (κ1) is 20.7. The first-order chi connectivity index (χ1) is 15.0. The molecule has 0 bridgehead atoms. The molecule has 3 aromatic rings. The highest BCUT2D eigenvalue weighted by atomic mass is 19.1. The molecule has 0 aliphatic carbocycles. The molecule has 1 aromatic heterocycles. The van der Waals surface area contributed by atoms with Crippen LogP contribution in [0.4, 0.5) is 15.9 Å². The molecule has 6 nitrogen and oxygen atoms in total. The topological polar surface area (TPSA) is 63.7 Å². The van der Waals surface area contributed by atoms with Crippen molar-refractivity contribution in [3.05, 3.63) is 83.3 Å². The van der Waals surface area contributed by atoms with Gasteiger partial charge in [-0.2, -0.15) is 0 Å². The van der Waals surface area contributed by atoms with E-state index in [0.717, 1.165) is 22.6 Å². The summed E-state index contributed by atoms with van der Waals surface area (Å²) in [5.41, 5.74) is 3.24. The molecule has 2 aromatic carbocycles. The Morgan fingerprint density at radius 1 is 1.26 bits per heavy atom. The Morgan fingerprint density at radius 2 is 2.06 bits per heavy atom. The Labute approximate surface area is 180 Å². The highest BCUT2D eigenvalue weighted by Gasteiger charge is 2.24. The number of fused-ring (bicyclic) bond motifs is 1. The number of hydrogen-bond donors (Lipinski definition) is 1. The number of aromatic nitrogens is 1. The van der Waals surface area contributed by atoms with Crippen LogP contribution in [0.25, 0.3) is 0 Å². The number of benzene rings is 2. The van der Waals surface area contributed by atoms with E-state index in [1.807, 2.05) is 31.2 Å². The molecule has 31 heavy (non-hydrogen) atoms. The molecule has 0 spiro atoms. The highest BCUT2D eigenvalue weighted by Crippen LogP contribution is 2.39. The largest absolute Gasteiger partial charge is 0.489 e. The number of ether oxygens (including phenoxy) is 2. The van der Waals surface area contributed by atoms with Crippen LogP contribution < -0.4 is 15.0 Å². The third-order valence-corrected chi connectivity index (χ3v) is 5.27. The molecule has 0 amide bonds. The molecule has 1 atom stereocenters. The van der Waals surface area contributed by atoms with Gasteiger partial charge in [0.15, 0.2) is 5.82 Å². The zero-order chi connectivity index (χ0) is 21.8. The number of methoxy groups -OCH3 is 1. The fourth-order valence-electron chi connectivity index (χ4n) is 3.67. The minimum absolute atomic E-state index is 0.0661. The smallest absolute Gasteiger partial charge is 0.337 e. The van der Waals surface area contributed by atoms with Gasteiger partial charge < -0.3 is 19.7 Å². The van der Waals surface area contributed by atoms with Crippen molar-refractivity contribution < 1.29 is 18.7 Å². The standard InChI is InChI=1S/C24H24FN3O3/c1-16(18-6-8-19(9-7-18)24(29)30-2)27-23-22-21(10-11-26-23)31-13-12-28(22)15-17-4-3-5-20(25)14-17/h3-11,14,16H,12-13,15H2,1-2H3,(H,26,27)/t16-/m0/s1. The molecular formula is C24H24FN3O3. The molecule has 1 aliphatic rings. The lowest BCUT2D eigenvalue weighted by Crippen LogP contribution is -2.33. The van der Waals surface area contributed by atoms with Crippen LogP contribution in [0.5, 0.6) is 5.75 Å². The quantitative estimate of drug-likeness (QED) is 0.588. The summed E-state index contributed by atoms with van der Waals surface area (Å²) in [5.74, 6) is 0.821. The van der Waals surface area contributed by atoms with Crippen molar-refractivity contribution in [1.82, 2.24) is 4.98 Å². The lowest BCUT2D eigenvalue weighted by molar-refractivity contribution is 0.0600. The lowest BCUT2D eigenvalue weighted by Gasteiger charge is -2.33. The molecule has 0 radical (unpaired) electrons. The fraction of sp³-hybridized carbons (Fsp3) is 0.250. The number of halogens is 1. The van der Waals surface area contributed by atoms with E-state index in [-0.39, 0.29) is 17.8 Å². The van der Waals surface area contributed by atoms with E-state index in [2.05, 4.69) is 15.2 Å². The van der Waals surface area contributed by atoms with Crippen LogP contribution in [0.1, 0.15) is 34.5 Å². The van der Waals surface area contributed by atoms with Crippen LogP contribution in [-0.2, 0) is 11.3 Å². The van der Waals surface area contributed by atoms with E-state index < -0.39 is 0 Å². The summed E-state index contributed by atoms with van der Waals surface area (Å²) >= 11 is 0. The maximum Gasteiger partial charge on any atom is 0.337 e. The van der Waals surface area contributed by atoms with Crippen molar-refractivity contribution in [2.24, 2.45) is 0 Å². The lowest BCUT2D eigenvalue weighted by atomic mass is 10.1. The van der Waals surface area contributed by atoms with Crippen molar-refractivity contribution >= 4 is 17.5 Å². The van der Waals surface area contributed by atoms with Crippen molar-refractivity contribution in [1.29, 1.82) is 0 Å². The maximum absolute atomic E-state index is 13.7. The Bertz CT molecular complexity index is 1070. The molecule has 1 aliphatic heterocycles. The number of hydrogen-bond acceptors (Lipinski definition) is 6. The van der Waals surface area contributed by atoms with Crippen LogP contribution in [0.2, 0.25) is 0 Å². The van der Waals surface area contributed by atoms with Gasteiger partial charge in [0.25, 0.3) is 0 Å². The summed E-state index contributed by atoms with van der Waals surface area (Å²) in [6.45, 7) is 3.80. The van der Waals surface area contributed by atoms with Gasteiger partial charge >= 0.3 is 5.97 Å². The highest BCUT2D eigenvalue weighted by molar-refractivity contribution is 5.89. The van der Waals surface area contributed by atoms with Gasteiger partial charge in [0, 0.05) is 18.8 Å². The number of pyridine rings is 1. The van der Waals surface area contributed by atoms with Gasteiger partial charge in [-0.25, -0.2) is 14.2 Å². The SMILES string of the molecule is COC(=O)c1ccc([C@H](C)Nc2nccc3c2N(Cc2cccc(F)c2)CCO3)cc1. The van der Waals surface area contributed by atoms with Crippen molar-refractivity contribution in [2.45, 2.75) is 19.5 Å². The van der Waals surface area contributed by atoms with E-state index in [0.29, 0.717) is 31.1 Å². The molecule has 1 N–H and O–H groups in total. The minimum Gasteiger partial charge on any atom is -0.489 e. The molecule has 7 heteroatoms. The van der Waals surface area contributed by atoms with Crippen LogP contribution in [0.15, 0.2) is 60.8 Å². The molecular weight excluding hydrogens is 397 g/mol. The summed E-state index contributed by atoms with van der Waals surface area (Å²) < 4.78 is 24.3. The van der Waals surface area contributed by atoms with E-state index in [9.17, 15) is 9.18 Å². The van der Waals surface area contributed by atoms with Crippen molar-refractivity contribution in [2.75, 3.05) is 30.5 Å². The van der Waals surface area contributed by atoms with Gasteiger partial charge in [-0.05, 0) is 42.3 Å². The predicted molar refractivity (Wildman–Crippen MR) is 117 cm³/mol. The summed E-state index contributed by atoms with van der Waals surface area (Å²) in [5, 5.41) is 3.45. The molecule has 2 heterocycles. The van der Waals surface area contributed by atoms with Gasteiger partial charge in [-0.1, -0.05) is 24.3 Å². The Morgan fingerprint density at radius 3 is 2.81 bits per heavy atom. The maximum atomic E-state index is 13.7. The number of rotatable bonds is 6. The van der Waals surface area contributed by atoms with Crippen molar-refractivity contribution in [3.8, 4) is 5.75 Å². The molecule has 0 saturated carbocycles. The van der Waals surface area contributed by atoms with Gasteiger partial charge in [0.05, 0.1) is 25.3 Å². The zero-order valence-electron chi connectivity index (χ0n) is 17.5. The average molecular weight is 421 g/mol. The molecule has 0 fully saturated rings. The third-order valence-electron chi connectivity index (χ3n) is 5.27. The monoisotopic (exact) mass is 421 g/mol. The first-order valence-electron chi connectivity index (χ1n) is 10.1. The van der Waals surface area contributed by atoms with Gasteiger partial charge in [0.1, 0.15) is 23.9 Å². The van der Waals surface area contributed by atoms with Crippen LogP contribution in [0.3, 0.4) is 0 Å². The summed E-state index contributed by atoms with van der Waals surface area (Å²) in [6, 6.07) is 15.7. The number of carbonyl (C=O) groups excluding carboxylic acids is 1. The predicted octanol–water partition coefficient (Wildman–Crippen LogP) is 4.58. The number of esters is 1. The van der Waals surface area contributed by atoms with E-state index >= 15 is 0 Å². The molecule has 0 saturated heterocycles. The first-order valence-corrected chi connectivity index (χ1v) is 10.1. The van der Waals surface area contributed by atoms with Gasteiger partial charge in [0.2, 0.25) is 0 Å². The van der Waals surface area contributed by atoms with Gasteiger partial charge in [-0.3, -0.25) is 0 Å². The molecule has 4 rings (SSSR count). The second kappa shape index (κ2) is 9.04. The van der Waals surface area contributed by atoms with Crippen LogP contribution in [0, 0.1) is 5.82 Å². The summed E-state index contributed by atoms with van der Waals surface area (Å²) in [4.78, 5) is 18.4. The number of nitrogens with zero attached hydrogens (tertiary/aromatic N) is 2. The van der Waals surface area contributed by atoms with E-state index in [1.165, 1.54) is 13.2 Å².